The Balaban J connectivity index is 1.85. The Morgan fingerprint density at radius 1 is 0.964 bits per heavy atom. The van der Waals surface area contributed by atoms with Gasteiger partial charge in [0.2, 0.25) is 10.0 Å². The number of hydrogen-bond donors (Lipinski definition) is 2. The van der Waals surface area contributed by atoms with Crippen molar-refractivity contribution in [2.75, 3.05) is 6.54 Å². The lowest BCUT2D eigenvalue weighted by atomic mass is 10.0. The smallest absolute Gasteiger partial charge is 0.252 e. The van der Waals surface area contributed by atoms with Gasteiger partial charge < -0.3 is 5.32 Å². The zero-order valence-electron chi connectivity index (χ0n) is 15.4. The van der Waals surface area contributed by atoms with Gasteiger partial charge in [-0.1, -0.05) is 43.3 Å². The predicted octanol–water partition coefficient (Wildman–Crippen LogP) is 2.90. The van der Waals surface area contributed by atoms with Gasteiger partial charge in [0.25, 0.3) is 5.91 Å². The number of benzene rings is 2. The van der Waals surface area contributed by atoms with E-state index in [0.29, 0.717) is 17.8 Å². The topological polar surface area (TPSA) is 88.2 Å². The lowest BCUT2D eigenvalue weighted by molar-refractivity contribution is 0.0942. The molecule has 1 unspecified atom stereocenters. The third-order valence-electron chi connectivity index (χ3n) is 4.15. The molecular formula is C21H21N3O3S. The number of amides is 1. The van der Waals surface area contributed by atoms with E-state index in [1.807, 2.05) is 48.5 Å². The molecule has 0 radical (unpaired) electrons. The molecule has 2 N–H and O–H groups in total. The Morgan fingerprint density at radius 2 is 1.64 bits per heavy atom. The summed E-state index contributed by atoms with van der Waals surface area (Å²) in [4.78, 5) is 17.3. The monoisotopic (exact) mass is 395 g/mol. The van der Waals surface area contributed by atoms with Gasteiger partial charge in [-0.25, -0.2) is 13.1 Å². The first-order valence-electron chi connectivity index (χ1n) is 8.87. The molecule has 0 saturated heterocycles. The van der Waals surface area contributed by atoms with Crippen LogP contribution in [0.15, 0.2) is 83.9 Å². The second kappa shape index (κ2) is 8.77. The number of carbonyl (C=O) groups is 1. The van der Waals surface area contributed by atoms with Crippen LogP contribution >= 0.6 is 0 Å². The fourth-order valence-corrected chi connectivity index (χ4v) is 3.83. The molecule has 7 heteroatoms. The van der Waals surface area contributed by atoms with E-state index >= 15 is 0 Å². The molecule has 3 rings (SSSR count). The van der Waals surface area contributed by atoms with Crippen LogP contribution in [0.1, 0.15) is 34.6 Å². The highest BCUT2D eigenvalue weighted by Gasteiger charge is 2.19. The number of aromatic nitrogens is 1. The quantitative estimate of drug-likeness (QED) is 0.644. The highest BCUT2D eigenvalue weighted by atomic mass is 32.2. The van der Waals surface area contributed by atoms with Crippen molar-refractivity contribution in [1.29, 1.82) is 0 Å². The number of nitrogens with zero attached hydrogens (tertiary/aromatic N) is 1. The standard InChI is InChI=1S/C21H21N3O3S/c1-2-23-28(26,27)18-13-11-17(12-14-18)21(25)24-20(16-8-4-3-5-9-16)19-10-6-7-15-22-19/h3-15,20,23H,2H2,1H3,(H,24,25). The predicted molar refractivity (Wildman–Crippen MR) is 107 cm³/mol. The SMILES string of the molecule is CCNS(=O)(=O)c1ccc(C(=O)NC(c2ccccc2)c2ccccn2)cc1. The second-order valence-electron chi connectivity index (χ2n) is 6.10. The van der Waals surface area contributed by atoms with E-state index in [0.717, 1.165) is 5.56 Å². The molecule has 3 aromatic rings. The molecule has 1 heterocycles. The van der Waals surface area contributed by atoms with E-state index in [1.54, 1.807) is 13.1 Å². The van der Waals surface area contributed by atoms with Crippen molar-refractivity contribution in [3.8, 4) is 0 Å². The third-order valence-corrected chi connectivity index (χ3v) is 5.71. The highest BCUT2D eigenvalue weighted by molar-refractivity contribution is 7.89. The van der Waals surface area contributed by atoms with Crippen molar-refractivity contribution in [2.45, 2.75) is 17.9 Å². The molecule has 0 aliphatic carbocycles. The molecule has 1 aromatic heterocycles. The first kappa shape index (κ1) is 19.7. The van der Waals surface area contributed by atoms with Crippen LogP contribution in [0.2, 0.25) is 0 Å². The van der Waals surface area contributed by atoms with Crippen LogP contribution in [-0.4, -0.2) is 25.9 Å². The highest BCUT2D eigenvalue weighted by Crippen LogP contribution is 2.21. The van der Waals surface area contributed by atoms with Crippen LogP contribution in [0.25, 0.3) is 0 Å². The van der Waals surface area contributed by atoms with E-state index in [2.05, 4.69) is 15.0 Å². The Hall–Kier alpha value is -3.03. The first-order valence-corrected chi connectivity index (χ1v) is 10.4. The Kier molecular flexibility index (Phi) is 6.18. The second-order valence-corrected chi connectivity index (χ2v) is 7.86. The van der Waals surface area contributed by atoms with E-state index < -0.39 is 16.1 Å². The van der Waals surface area contributed by atoms with E-state index in [9.17, 15) is 13.2 Å². The van der Waals surface area contributed by atoms with Gasteiger partial charge >= 0.3 is 0 Å². The average molecular weight is 395 g/mol. The summed E-state index contributed by atoms with van der Waals surface area (Å²) in [6.07, 6.45) is 1.68. The van der Waals surface area contributed by atoms with Gasteiger partial charge in [-0.15, -0.1) is 0 Å². The van der Waals surface area contributed by atoms with Crippen molar-refractivity contribution < 1.29 is 13.2 Å². The van der Waals surface area contributed by atoms with Crippen molar-refractivity contribution >= 4 is 15.9 Å². The number of rotatable bonds is 7. The number of pyridine rings is 1. The van der Waals surface area contributed by atoms with Crippen LogP contribution in [0.3, 0.4) is 0 Å². The number of nitrogens with one attached hydrogen (secondary N) is 2. The zero-order chi connectivity index (χ0) is 20.0. The Labute approximate surface area is 164 Å². The summed E-state index contributed by atoms with van der Waals surface area (Å²) in [6.45, 7) is 2.01. The van der Waals surface area contributed by atoms with Crippen LogP contribution in [0.4, 0.5) is 0 Å². The van der Waals surface area contributed by atoms with Gasteiger partial charge in [-0.05, 0) is 42.0 Å². The van der Waals surface area contributed by atoms with Crippen LogP contribution in [0.5, 0.6) is 0 Å². The zero-order valence-corrected chi connectivity index (χ0v) is 16.2. The van der Waals surface area contributed by atoms with Crippen molar-refractivity contribution in [2.24, 2.45) is 0 Å². The molecule has 144 valence electrons. The molecule has 6 nitrogen and oxygen atoms in total. The minimum atomic E-state index is -3.55. The summed E-state index contributed by atoms with van der Waals surface area (Å²) in [6, 6.07) is 20.5. The van der Waals surface area contributed by atoms with E-state index in [1.165, 1.54) is 24.3 Å². The maximum Gasteiger partial charge on any atom is 0.252 e. The number of carbonyl (C=O) groups excluding carboxylic acids is 1. The molecule has 28 heavy (non-hydrogen) atoms. The normalized spacial score (nSPS) is 12.3. The lowest BCUT2D eigenvalue weighted by Gasteiger charge is -2.19. The van der Waals surface area contributed by atoms with Gasteiger partial charge in [0, 0.05) is 18.3 Å². The van der Waals surface area contributed by atoms with Gasteiger partial charge in [0.1, 0.15) is 0 Å². The fraction of sp³-hybridized carbons (Fsp3) is 0.143. The van der Waals surface area contributed by atoms with Crippen LogP contribution < -0.4 is 10.0 Å². The fourth-order valence-electron chi connectivity index (χ4n) is 2.79. The molecule has 0 bridgehead atoms. The van der Waals surface area contributed by atoms with Crippen LogP contribution in [0, 0.1) is 0 Å². The minimum absolute atomic E-state index is 0.121. The van der Waals surface area contributed by atoms with Gasteiger partial charge in [-0.2, -0.15) is 0 Å². The minimum Gasteiger partial charge on any atom is -0.340 e. The molecular weight excluding hydrogens is 374 g/mol. The summed E-state index contributed by atoms with van der Waals surface area (Å²) >= 11 is 0. The summed E-state index contributed by atoms with van der Waals surface area (Å²) in [5, 5.41) is 2.98. The molecule has 0 spiro atoms. The van der Waals surface area contributed by atoms with Crippen molar-refractivity contribution in [1.82, 2.24) is 15.0 Å². The third kappa shape index (κ3) is 4.62. The Morgan fingerprint density at radius 3 is 2.25 bits per heavy atom. The molecule has 0 aliphatic rings. The first-order chi connectivity index (χ1) is 13.5. The number of hydrogen-bond acceptors (Lipinski definition) is 4. The molecule has 2 aromatic carbocycles. The van der Waals surface area contributed by atoms with Gasteiger partial charge in [-0.3, -0.25) is 9.78 Å². The lowest BCUT2D eigenvalue weighted by Crippen LogP contribution is -2.30. The number of sulfonamides is 1. The Bertz CT molecular complexity index is 982. The maximum absolute atomic E-state index is 12.8. The molecule has 1 amide bonds. The van der Waals surface area contributed by atoms with Gasteiger partial charge in [0.15, 0.2) is 0 Å². The molecule has 0 saturated carbocycles. The molecule has 1 atom stereocenters. The summed E-state index contributed by atoms with van der Waals surface area (Å²) in [5.41, 5.74) is 1.99. The van der Waals surface area contributed by atoms with Crippen LogP contribution in [-0.2, 0) is 10.0 Å². The van der Waals surface area contributed by atoms with Crippen molar-refractivity contribution in [3.05, 3.63) is 95.8 Å². The molecule has 0 fully saturated rings. The van der Waals surface area contributed by atoms with Crippen molar-refractivity contribution in [3.63, 3.8) is 0 Å². The van der Waals surface area contributed by atoms with Gasteiger partial charge in [0.05, 0.1) is 16.6 Å². The summed E-state index contributed by atoms with van der Waals surface area (Å²) < 4.78 is 26.5. The molecule has 0 aliphatic heterocycles. The van der Waals surface area contributed by atoms with E-state index in [-0.39, 0.29) is 10.8 Å². The largest absolute Gasteiger partial charge is 0.340 e. The summed E-state index contributed by atoms with van der Waals surface area (Å²) in [7, 11) is -3.55. The maximum atomic E-state index is 12.8. The average Bonchev–Trinajstić information content (AvgIpc) is 2.73. The summed E-state index contributed by atoms with van der Waals surface area (Å²) in [5.74, 6) is -0.313. The van der Waals surface area contributed by atoms with E-state index in [4.69, 9.17) is 0 Å².